The van der Waals surface area contributed by atoms with E-state index in [-0.39, 0.29) is 32.5 Å². The number of furan rings is 1. The third-order valence-electron chi connectivity index (χ3n) is 16.2. The maximum Gasteiger partial charge on any atom is 0.136 e. The molecular weight excluding hydrogens is 788 g/mol. The Bertz CT molecular complexity index is 2810. The summed E-state index contributed by atoms with van der Waals surface area (Å²) in [5, 5.41) is 1.87. The minimum absolute atomic E-state index is 0.0412. The van der Waals surface area contributed by atoms with Gasteiger partial charge in [0.2, 0.25) is 0 Å². The molecular formula is C59H71ClN2O. The predicted molar refractivity (Wildman–Crippen MR) is 271 cm³/mol. The van der Waals surface area contributed by atoms with Crippen LogP contribution >= 0.6 is 11.6 Å². The Labute approximate surface area is 384 Å². The van der Waals surface area contributed by atoms with Crippen molar-refractivity contribution in [3.8, 4) is 0 Å². The Hall–Kier alpha value is -4.47. The summed E-state index contributed by atoms with van der Waals surface area (Å²) >= 11 is 6.88. The Morgan fingerprint density at radius 1 is 0.429 bits per heavy atom. The Morgan fingerprint density at radius 2 is 0.841 bits per heavy atom. The van der Waals surface area contributed by atoms with E-state index in [9.17, 15) is 0 Å². The minimum atomic E-state index is 0.0412. The van der Waals surface area contributed by atoms with Crippen LogP contribution < -0.4 is 9.80 Å². The van der Waals surface area contributed by atoms with Crippen molar-refractivity contribution < 1.29 is 4.42 Å². The third-order valence-corrected chi connectivity index (χ3v) is 16.5. The van der Waals surface area contributed by atoms with E-state index < -0.39 is 0 Å². The molecule has 9 rings (SSSR count). The minimum Gasteiger partial charge on any atom is -0.462 e. The number of fused-ring (bicyclic) bond motifs is 4. The van der Waals surface area contributed by atoms with Gasteiger partial charge in [-0.05, 0) is 203 Å². The van der Waals surface area contributed by atoms with E-state index in [0.29, 0.717) is 0 Å². The largest absolute Gasteiger partial charge is 0.462 e. The fourth-order valence-electron chi connectivity index (χ4n) is 11.6. The molecule has 0 radical (unpaired) electrons. The maximum absolute atomic E-state index is 6.88. The highest BCUT2D eigenvalue weighted by molar-refractivity contribution is 6.30. The van der Waals surface area contributed by atoms with Crippen LogP contribution in [0.15, 0.2) is 89.5 Å². The molecule has 6 aromatic rings. The second-order valence-electron chi connectivity index (χ2n) is 23.9. The topological polar surface area (TPSA) is 19.6 Å². The molecule has 4 heteroatoms. The molecule has 5 aromatic carbocycles. The van der Waals surface area contributed by atoms with Crippen molar-refractivity contribution >= 4 is 56.7 Å². The van der Waals surface area contributed by atoms with E-state index in [4.69, 9.17) is 16.0 Å². The Kier molecular flexibility index (Phi) is 10.1. The highest BCUT2D eigenvalue weighted by Crippen LogP contribution is 2.54. The van der Waals surface area contributed by atoms with Crippen LogP contribution in [0.3, 0.4) is 0 Å². The molecule has 1 heterocycles. The lowest BCUT2D eigenvalue weighted by atomic mass is 9.62. The van der Waals surface area contributed by atoms with Gasteiger partial charge in [0.05, 0.1) is 5.69 Å². The number of rotatable bonds is 6. The lowest BCUT2D eigenvalue weighted by Crippen LogP contribution is -2.34. The van der Waals surface area contributed by atoms with Gasteiger partial charge in [0, 0.05) is 38.8 Å². The van der Waals surface area contributed by atoms with Gasteiger partial charge >= 0.3 is 0 Å². The van der Waals surface area contributed by atoms with Crippen LogP contribution in [0.25, 0.3) is 11.0 Å². The summed E-state index contributed by atoms with van der Waals surface area (Å²) in [6.07, 6.45) is 9.00. The number of hydrogen-bond donors (Lipinski definition) is 0. The molecule has 0 N–H and O–H groups in total. The van der Waals surface area contributed by atoms with Crippen LogP contribution in [0.2, 0.25) is 5.02 Å². The van der Waals surface area contributed by atoms with Crippen LogP contribution in [0.5, 0.6) is 0 Å². The number of nitrogens with zero attached hydrogens (tertiary/aromatic N) is 2. The second kappa shape index (κ2) is 14.5. The third kappa shape index (κ3) is 7.33. The van der Waals surface area contributed by atoms with Crippen LogP contribution in [-0.2, 0) is 32.5 Å². The highest BCUT2D eigenvalue weighted by atomic mass is 35.5. The predicted octanol–water partition coefficient (Wildman–Crippen LogP) is 18.0. The standard InChI is InChI=1S/C59H71ClN2O/c1-36-25-41(61(40-18-16-17-39(60)29-40)50-32-47-44(27-37(50)2)54(4,5)19-22-57(47,10)11)30-42(26-36)62(51-33-48-45(28-38(51)3)55(6,7)20-23-58(48,12)13)52-35-63-53-34-49-46(31-43(52)53)56(8,9)21-24-59(49,14)15/h16-18,25-35H,19-24H2,1-15H3. The van der Waals surface area contributed by atoms with E-state index in [1.807, 2.05) is 12.3 Å². The summed E-state index contributed by atoms with van der Waals surface area (Å²) in [6.45, 7) is 35.9. The van der Waals surface area contributed by atoms with Crippen molar-refractivity contribution in [2.24, 2.45) is 0 Å². The average Bonchev–Trinajstić information content (AvgIpc) is 3.60. The maximum atomic E-state index is 6.88. The number of benzene rings is 5. The molecule has 0 unspecified atom stereocenters. The van der Waals surface area contributed by atoms with Gasteiger partial charge in [-0.2, -0.15) is 0 Å². The number of anilines is 6. The highest BCUT2D eigenvalue weighted by Gasteiger charge is 2.41. The molecule has 0 spiro atoms. The Balaban J connectivity index is 1.33. The van der Waals surface area contributed by atoms with Crippen LogP contribution in [0, 0.1) is 20.8 Å². The number of halogens is 1. The molecule has 0 saturated carbocycles. The van der Waals surface area contributed by atoms with E-state index in [0.717, 1.165) is 64.4 Å². The van der Waals surface area contributed by atoms with E-state index in [1.165, 1.54) is 74.3 Å². The monoisotopic (exact) mass is 859 g/mol. The summed E-state index contributed by atoms with van der Waals surface area (Å²) in [6, 6.07) is 30.3. The average molecular weight is 860 g/mol. The molecule has 330 valence electrons. The van der Waals surface area contributed by atoms with Crippen molar-refractivity contribution in [2.45, 2.75) is 175 Å². The SMILES string of the molecule is Cc1cc(N(c2cccc(Cl)c2)c2cc3c(cc2C)C(C)(C)CCC3(C)C)cc(N(c2cc3c(cc2C)C(C)(C)CCC3(C)C)c2coc3cc4c(cc23)C(C)(C)CCC4(C)C)c1. The van der Waals surface area contributed by atoms with Crippen LogP contribution in [0.1, 0.15) is 172 Å². The van der Waals surface area contributed by atoms with Crippen molar-refractivity contribution in [1.29, 1.82) is 0 Å². The molecule has 0 atom stereocenters. The number of hydrogen-bond acceptors (Lipinski definition) is 3. The van der Waals surface area contributed by atoms with Crippen molar-refractivity contribution in [1.82, 2.24) is 0 Å². The quantitative estimate of drug-likeness (QED) is 0.166. The van der Waals surface area contributed by atoms with Gasteiger partial charge < -0.3 is 14.2 Å². The van der Waals surface area contributed by atoms with E-state index >= 15 is 0 Å². The molecule has 1 aromatic heterocycles. The lowest BCUT2D eigenvalue weighted by Gasteiger charge is -2.43. The summed E-state index contributed by atoms with van der Waals surface area (Å²) < 4.78 is 6.72. The molecule has 3 aliphatic carbocycles. The van der Waals surface area contributed by atoms with Gasteiger partial charge in [-0.15, -0.1) is 0 Å². The molecule has 0 saturated heterocycles. The first-order valence-electron chi connectivity index (χ1n) is 23.6. The fourth-order valence-corrected chi connectivity index (χ4v) is 11.8. The van der Waals surface area contributed by atoms with E-state index in [1.54, 1.807) is 0 Å². The van der Waals surface area contributed by atoms with Gasteiger partial charge in [0.25, 0.3) is 0 Å². The van der Waals surface area contributed by atoms with Gasteiger partial charge in [0.1, 0.15) is 11.8 Å². The first kappa shape index (κ1) is 43.8. The molecule has 0 fully saturated rings. The zero-order valence-corrected chi connectivity index (χ0v) is 41.8. The van der Waals surface area contributed by atoms with Crippen LogP contribution in [-0.4, -0.2) is 0 Å². The molecule has 0 amide bonds. The molecule has 3 aliphatic rings. The van der Waals surface area contributed by atoms with Gasteiger partial charge in [-0.3, -0.25) is 0 Å². The van der Waals surface area contributed by atoms with Crippen molar-refractivity contribution in [3.63, 3.8) is 0 Å². The summed E-state index contributed by atoms with van der Waals surface area (Å²) in [5.41, 5.74) is 20.5. The fraction of sp³-hybridized carbons (Fsp3) is 0.458. The zero-order valence-electron chi connectivity index (χ0n) is 41.0. The zero-order chi connectivity index (χ0) is 45.4. The van der Waals surface area contributed by atoms with Crippen molar-refractivity contribution in [2.75, 3.05) is 9.80 Å². The summed E-state index contributed by atoms with van der Waals surface area (Å²) in [7, 11) is 0. The van der Waals surface area contributed by atoms with Gasteiger partial charge in [-0.1, -0.05) is 113 Å². The van der Waals surface area contributed by atoms with Crippen LogP contribution in [0.4, 0.5) is 34.1 Å². The van der Waals surface area contributed by atoms with Gasteiger partial charge in [-0.25, -0.2) is 0 Å². The first-order valence-corrected chi connectivity index (χ1v) is 24.0. The summed E-state index contributed by atoms with van der Waals surface area (Å²) in [5.74, 6) is 0. The smallest absolute Gasteiger partial charge is 0.136 e. The molecule has 3 nitrogen and oxygen atoms in total. The lowest BCUT2D eigenvalue weighted by molar-refractivity contribution is 0.332. The summed E-state index contributed by atoms with van der Waals surface area (Å²) in [4.78, 5) is 4.97. The van der Waals surface area contributed by atoms with Crippen molar-refractivity contribution in [3.05, 3.63) is 140 Å². The normalized spacial score (nSPS) is 19.8. The molecule has 0 aliphatic heterocycles. The second-order valence-corrected chi connectivity index (χ2v) is 24.3. The Morgan fingerprint density at radius 3 is 1.32 bits per heavy atom. The molecule has 63 heavy (non-hydrogen) atoms. The van der Waals surface area contributed by atoms with E-state index in [2.05, 4.69) is 186 Å². The first-order chi connectivity index (χ1) is 29.3. The van der Waals surface area contributed by atoms with Gasteiger partial charge in [0.15, 0.2) is 0 Å². The molecule has 0 bridgehead atoms. The number of aryl methyl sites for hydroxylation is 3.